The molecular formula is C29H35N3O2. The molecule has 1 aliphatic rings. The predicted molar refractivity (Wildman–Crippen MR) is 139 cm³/mol. The van der Waals surface area contributed by atoms with Crippen LogP contribution in [0, 0.1) is 13.8 Å². The number of hydrogen-bond acceptors (Lipinski definition) is 4. The highest BCUT2D eigenvalue weighted by Gasteiger charge is 2.18. The minimum absolute atomic E-state index is 0.0312. The molecule has 0 aromatic heterocycles. The van der Waals surface area contributed by atoms with Crippen LogP contribution in [-0.4, -0.2) is 50.6 Å². The van der Waals surface area contributed by atoms with E-state index in [1.807, 2.05) is 42.5 Å². The molecule has 0 bridgehead atoms. The first-order valence-electron chi connectivity index (χ1n) is 12.1. The normalized spacial score (nSPS) is 14.1. The fourth-order valence-electron chi connectivity index (χ4n) is 4.48. The lowest BCUT2D eigenvalue weighted by molar-refractivity contribution is 0.0954. The average molecular weight is 458 g/mol. The molecular weight excluding hydrogens is 422 g/mol. The largest absolute Gasteiger partial charge is 0.496 e. The molecule has 0 aliphatic carbocycles. The van der Waals surface area contributed by atoms with E-state index in [4.69, 9.17) is 4.74 Å². The second kappa shape index (κ2) is 11.2. The maximum Gasteiger partial charge on any atom is 0.251 e. The molecule has 3 aromatic carbocycles. The molecule has 0 spiro atoms. The molecule has 1 aliphatic heterocycles. The van der Waals surface area contributed by atoms with Crippen LogP contribution in [0.25, 0.3) is 0 Å². The van der Waals surface area contributed by atoms with Gasteiger partial charge >= 0.3 is 0 Å². The summed E-state index contributed by atoms with van der Waals surface area (Å²) in [5.41, 5.74) is 6.99. The van der Waals surface area contributed by atoms with Crippen molar-refractivity contribution >= 4 is 11.6 Å². The number of aryl methyl sites for hydroxylation is 2. The number of methoxy groups -OCH3 is 1. The Morgan fingerprint density at radius 3 is 2.47 bits per heavy atom. The van der Waals surface area contributed by atoms with Crippen molar-refractivity contribution in [1.82, 2.24) is 10.2 Å². The van der Waals surface area contributed by atoms with Gasteiger partial charge in [0.15, 0.2) is 0 Å². The summed E-state index contributed by atoms with van der Waals surface area (Å²) in [4.78, 5) is 17.7. The van der Waals surface area contributed by atoms with Crippen molar-refractivity contribution in [3.63, 3.8) is 0 Å². The Labute approximate surface area is 203 Å². The number of carbonyl (C=O) groups excluding carboxylic acids is 1. The van der Waals surface area contributed by atoms with E-state index < -0.39 is 0 Å². The highest BCUT2D eigenvalue weighted by molar-refractivity contribution is 5.94. The van der Waals surface area contributed by atoms with Gasteiger partial charge in [0.2, 0.25) is 0 Å². The summed E-state index contributed by atoms with van der Waals surface area (Å²) in [6, 6.07) is 22.7. The van der Waals surface area contributed by atoms with Gasteiger partial charge in [-0.1, -0.05) is 36.4 Å². The van der Waals surface area contributed by atoms with Crippen LogP contribution >= 0.6 is 0 Å². The van der Waals surface area contributed by atoms with Crippen molar-refractivity contribution in [2.24, 2.45) is 0 Å². The number of benzene rings is 3. The average Bonchev–Trinajstić information content (AvgIpc) is 2.86. The van der Waals surface area contributed by atoms with Gasteiger partial charge in [-0.15, -0.1) is 0 Å². The van der Waals surface area contributed by atoms with Gasteiger partial charge in [0.05, 0.1) is 7.11 Å². The van der Waals surface area contributed by atoms with Crippen LogP contribution in [0.5, 0.6) is 5.75 Å². The molecule has 1 fully saturated rings. The third kappa shape index (κ3) is 5.97. The van der Waals surface area contributed by atoms with Crippen LogP contribution in [0.4, 0.5) is 5.69 Å². The van der Waals surface area contributed by atoms with E-state index in [1.54, 1.807) is 7.11 Å². The molecule has 1 heterocycles. The zero-order chi connectivity index (χ0) is 23.9. The Morgan fingerprint density at radius 1 is 0.912 bits per heavy atom. The van der Waals surface area contributed by atoms with Crippen molar-refractivity contribution in [1.29, 1.82) is 0 Å². The second-order valence-corrected chi connectivity index (χ2v) is 9.05. The van der Waals surface area contributed by atoms with E-state index in [9.17, 15) is 4.79 Å². The molecule has 0 radical (unpaired) electrons. The van der Waals surface area contributed by atoms with Crippen molar-refractivity contribution in [3.05, 3.63) is 94.5 Å². The molecule has 3 aromatic rings. The van der Waals surface area contributed by atoms with E-state index in [0.29, 0.717) is 12.1 Å². The fraction of sp³-hybridized carbons (Fsp3) is 0.345. The molecule has 1 amide bonds. The van der Waals surface area contributed by atoms with Crippen LogP contribution in [0.3, 0.4) is 0 Å². The molecule has 1 N–H and O–H groups in total. The van der Waals surface area contributed by atoms with Gasteiger partial charge in [0.25, 0.3) is 5.91 Å². The van der Waals surface area contributed by atoms with E-state index in [1.165, 1.54) is 22.4 Å². The Hall–Kier alpha value is -3.31. The topological polar surface area (TPSA) is 44.8 Å². The predicted octanol–water partition coefficient (Wildman–Crippen LogP) is 4.61. The van der Waals surface area contributed by atoms with E-state index in [2.05, 4.69) is 53.2 Å². The number of hydrogen-bond donors (Lipinski definition) is 1. The Balaban J connectivity index is 1.28. The first-order chi connectivity index (χ1) is 16.5. The third-order valence-electron chi connectivity index (χ3n) is 6.70. The molecule has 0 unspecified atom stereocenters. The monoisotopic (exact) mass is 457 g/mol. The summed E-state index contributed by atoms with van der Waals surface area (Å²) in [6.07, 6.45) is 0.736. The Kier molecular flexibility index (Phi) is 7.86. The van der Waals surface area contributed by atoms with Gasteiger partial charge in [-0.05, 0) is 72.9 Å². The third-order valence-corrected chi connectivity index (χ3v) is 6.70. The molecule has 5 nitrogen and oxygen atoms in total. The standard InChI is InChI=1S/C29H35N3O2/c1-22-11-12-27(19-23(22)2)32-17-15-31(16-18-32)21-24-7-6-9-26(20-24)29(33)30-14-13-25-8-4-5-10-28(25)34-3/h4-12,19-20H,13-18,21H2,1-3H3,(H,30,33). The summed E-state index contributed by atoms with van der Waals surface area (Å²) in [7, 11) is 1.67. The van der Waals surface area contributed by atoms with Gasteiger partial charge in [-0.25, -0.2) is 0 Å². The lowest BCUT2D eigenvalue weighted by Gasteiger charge is -2.36. The number of rotatable bonds is 8. The first-order valence-corrected chi connectivity index (χ1v) is 12.1. The number of nitrogens with zero attached hydrogens (tertiary/aromatic N) is 2. The molecule has 5 heteroatoms. The SMILES string of the molecule is COc1ccccc1CCNC(=O)c1cccc(CN2CCN(c3ccc(C)c(C)c3)CC2)c1. The number of anilines is 1. The summed E-state index contributed by atoms with van der Waals surface area (Å²) < 4.78 is 5.40. The van der Waals surface area contributed by atoms with Crippen LogP contribution in [-0.2, 0) is 13.0 Å². The van der Waals surface area contributed by atoms with Gasteiger partial charge in [0.1, 0.15) is 5.75 Å². The second-order valence-electron chi connectivity index (χ2n) is 9.05. The van der Waals surface area contributed by atoms with Crippen LogP contribution in [0.1, 0.15) is 32.6 Å². The number of ether oxygens (including phenoxy) is 1. The lowest BCUT2D eigenvalue weighted by atomic mass is 10.1. The highest BCUT2D eigenvalue weighted by Crippen LogP contribution is 2.21. The molecule has 34 heavy (non-hydrogen) atoms. The maximum absolute atomic E-state index is 12.7. The maximum atomic E-state index is 12.7. The quantitative estimate of drug-likeness (QED) is 0.537. The van der Waals surface area contributed by atoms with Crippen molar-refractivity contribution in [2.75, 3.05) is 44.7 Å². The van der Waals surface area contributed by atoms with E-state index >= 15 is 0 Å². The van der Waals surface area contributed by atoms with Crippen LogP contribution in [0.2, 0.25) is 0 Å². The Morgan fingerprint density at radius 2 is 1.71 bits per heavy atom. The minimum Gasteiger partial charge on any atom is -0.496 e. The summed E-state index contributed by atoms with van der Waals surface area (Å²) in [5.74, 6) is 0.827. The number of nitrogens with one attached hydrogen (secondary N) is 1. The van der Waals surface area contributed by atoms with Gasteiger partial charge < -0.3 is 15.0 Å². The van der Waals surface area contributed by atoms with Crippen molar-refractivity contribution in [2.45, 2.75) is 26.8 Å². The molecule has 178 valence electrons. The number of amides is 1. The lowest BCUT2D eigenvalue weighted by Crippen LogP contribution is -2.46. The van der Waals surface area contributed by atoms with Crippen molar-refractivity contribution < 1.29 is 9.53 Å². The summed E-state index contributed by atoms with van der Waals surface area (Å²) in [5, 5.41) is 3.05. The highest BCUT2D eigenvalue weighted by atomic mass is 16.5. The Bertz CT molecular complexity index is 1120. The van der Waals surface area contributed by atoms with Gasteiger partial charge in [-0.2, -0.15) is 0 Å². The first kappa shape index (κ1) is 23.8. The zero-order valence-electron chi connectivity index (χ0n) is 20.5. The van der Waals surface area contributed by atoms with E-state index in [-0.39, 0.29) is 5.91 Å². The smallest absolute Gasteiger partial charge is 0.251 e. The number of piperazine rings is 1. The zero-order valence-corrected chi connectivity index (χ0v) is 20.5. The minimum atomic E-state index is -0.0312. The molecule has 0 saturated carbocycles. The molecule has 1 saturated heterocycles. The fourth-order valence-corrected chi connectivity index (χ4v) is 4.48. The summed E-state index contributed by atoms with van der Waals surface area (Å²) in [6.45, 7) is 9.84. The van der Waals surface area contributed by atoms with Crippen LogP contribution in [0.15, 0.2) is 66.7 Å². The van der Waals surface area contributed by atoms with Gasteiger partial charge in [-0.3, -0.25) is 9.69 Å². The van der Waals surface area contributed by atoms with Crippen molar-refractivity contribution in [3.8, 4) is 5.75 Å². The molecule has 0 atom stereocenters. The van der Waals surface area contributed by atoms with Crippen LogP contribution < -0.4 is 15.0 Å². The molecule has 4 rings (SSSR count). The van der Waals surface area contributed by atoms with Gasteiger partial charge in [0, 0.05) is 50.5 Å². The number of para-hydroxylation sites is 1. The summed E-state index contributed by atoms with van der Waals surface area (Å²) >= 11 is 0. The van der Waals surface area contributed by atoms with E-state index in [0.717, 1.165) is 50.5 Å². The number of carbonyl (C=O) groups is 1.